The fourth-order valence-corrected chi connectivity index (χ4v) is 2.81. The molecule has 0 bridgehead atoms. The summed E-state index contributed by atoms with van der Waals surface area (Å²) in [5.41, 5.74) is 1.97. The summed E-state index contributed by atoms with van der Waals surface area (Å²) in [6, 6.07) is 13.7. The van der Waals surface area contributed by atoms with Crippen molar-refractivity contribution in [3.8, 4) is 11.5 Å². The van der Waals surface area contributed by atoms with E-state index in [2.05, 4.69) is 10.4 Å². The summed E-state index contributed by atoms with van der Waals surface area (Å²) in [4.78, 5) is 0. The van der Waals surface area contributed by atoms with Crippen LogP contribution in [0.5, 0.6) is 11.5 Å². The van der Waals surface area contributed by atoms with Gasteiger partial charge in [-0.3, -0.25) is 0 Å². The van der Waals surface area contributed by atoms with E-state index in [1.807, 2.05) is 36.4 Å². The van der Waals surface area contributed by atoms with Crippen molar-refractivity contribution in [2.75, 3.05) is 20.3 Å². The van der Waals surface area contributed by atoms with Crippen LogP contribution in [0.25, 0.3) is 0 Å². The molecule has 3 rings (SSSR count). The number of nitrogens with one attached hydrogen (secondary N) is 1. The van der Waals surface area contributed by atoms with E-state index in [4.69, 9.17) is 33.3 Å². The first-order valence-electron chi connectivity index (χ1n) is 8.32. The predicted molar refractivity (Wildman–Crippen MR) is 108 cm³/mol. The van der Waals surface area contributed by atoms with Gasteiger partial charge >= 0.3 is 0 Å². The minimum absolute atomic E-state index is 0.512. The Morgan fingerprint density at radius 3 is 2.85 bits per heavy atom. The minimum Gasteiger partial charge on any atom is -0.489 e. The number of fused-ring (bicyclic) bond motifs is 1. The number of ether oxygens (including phenoxy) is 2. The van der Waals surface area contributed by atoms with Crippen molar-refractivity contribution >= 4 is 35.1 Å². The van der Waals surface area contributed by atoms with Crippen LogP contribution in [-0.2, 0) is 6.54 Å². The molecule has 0 aromatic heterocycles. The van der Waals surface area contributed by atoms with Crippen molar-refractivity contribution in [1.82, 2.24) is 10.3 Å². The lowest BCUT2D eigenvalue weighted by Crippen LogP contribution is -2.33. The second kappa shape index (κ2) is 8.87. The topological polar surface area (TPSA) is 46.1 Å². The molecule has 136 valence electrons. The van der Waals surface area contributed by atoms with E-state index in [1.54, 1.807) is 24.3 Å². The fraction of sp³-hybridized carbons (Fsp3) is 0.263. The Labute approximate surface area is 163 Å². The number of hydrogen-bond donors (Lipinski definition) is 1. The van der Waals surface area contributed by atoms with Crippen LogP contribution in [0.3, 0.4) is 0 Å². The maximum absolute atomic E-state index is 6.30. The van der Waals surface area contributed by atoms with Gasteiger partial charge in [0.1, 0.15) is 0 Å². The first-order chi connectivity index (χ1) is 12.6. The summed E-state index contributed by atoms with van der Waals surface area (Å²) in [5.74, 6) is 1.23. The SMILES string of the molecule is CN(/N=C\c1cc(Cl)c2c(c1)OCCCO2)C(=S)NCc1ccccc1. The van der Waals surface area contributed by atoms with Gasteiger partial charge in [-0.25, -0.2) is 5.01 Å². The van der Waals surface area contributed by atoms with E-state index >= 15 is 0 Å². The average molecular weight is 390 g/mol. The Morgan fingerprint density at radius 1 is 1.27 bits per heavy atom. The average Bonchev–Trinajstić information content (AvgIpc) is 2.91. The maximum atomic E-state index is 6.30. The molecule has 0 unspecified atom stereocenters. The van der Waals surface area contributed by atoms with E-state index in [9.17, 15) is 0 Å². The van der Waals surface area contributed by atoms with Crippen LogP contribution in [0.15, 0.2) is 47.6 Å². The van der Waals surface area contributed by atoms with Crippen LogP contribution >= 0.6 is 23.8 Å². The minimum atomic E-state index is 0.512. The van der Waals surface area contributed by atoms with Crippen LogP contribution in [0.1, 0.15) is 17.5 Å². The van der Waals surface area contributed by atoms with Gasteiger partial charge in [-0.05, 0) is 35.5 Å². The molecule has 5 nitrogen and oxygen atoms in total. The number of rotatable bonds is 4. The number of hydrogen-bond acceptors (Lipinski definition) is 4. The van der Waals surface area contributed by atoms with Gasteiger partial charge < -0.3 is 14.8 Å². The van der Waals surface area contributed by atoms with Crippen molar-refractivity contribution < 1.29 is 9.47 Å². The van der Waals surface area contributed by atoms with E-state index in [-0.39, 0.29) is 0 Å². The number of hydrazone groups is 1. The molecule has 0 saturated carbocycles. The van der Waals surface area contributed by atoms with Crippen LogP contribution in [0.2, 0.25) is 5.02 Å². The summed E-state index contributed by atoms with van der Waals surface area (Å²) >= 11 is 11.7. The van der Waals surface area contributed by atoms with Gasteiger partial charge in [0.25, 0.3) is 0 Å². The summed E-state index contributed by atoms with van der Waals surface area (Å²) in [7, 11) is 1.79. The zero-order chi connectivity index (χ0) is 18.4. The standard InChI is InChI=1S/C19H20ClN3O2S/c1-23(19(26)21-12-14-6-3-2-4-7-14)22-13-15-10-16(20)18-17(11-15)24-8-5-9-25-18/h2-4,6-7,10-11,13H,5,8-9,12H2,1H3,(H,21,26)/b22-13-. The third-order valence-electron chi connectivity index (χ3n) is 3.78. The van der Waals surface area contributed by atoms with Crippen molar-refractivity contribution in [2.24, 2.45) is 5.10 Å². The zero-order valence-corrected chi connectivity index (χ0v) is 16.0. The van der Waals surface area contributed by atoms with Crippen LogP contribution in [0, 0.1) is 0 Å². The molecule has 2 aromatic carbocycles. The molecule has 0 amide bonds. The number of halogens is 1. The third-order valence-corrected chi connectivity index (χ3v) is 4.47. The molecule has 0 atom stereocenters. The molecular weight excluding hydrogens is 370 g/mol. The largest absolute Gasteiger partial charge is 0.489 e. The van der Waals surface area contributed by atoms with Crippen molar-refractivity contribution in [1.29, 1.82) is 0 Å². The highest BCUT2D eigenvalue weighted by atomic mass is 35.5. The first kappa shape index (κ1) is 18.5. The Hall–Kier alpha value is -2.31. The van der Waals surface area contributed by atoms with Gasteiger partial charge in [0.05, 0.1) is 24.5 Å². The molecule has 0 aliphatic carbocycles. The highest BCUT2D eigenvalue weighted by molar-refractivity contribution is 7.80. The first-order valence-corrected chi connectivity index (χ1v) is 9.11. The molecule has 1 aliphatic rings. The smallest absolute Gasteiger partial charge is 0.189 e. The number of nitrogens with zero attached hydrogens (tertiary/aromatic N) is 2. The summed E-state index contributed by atoms with van der Waals surface area (Å²) in [5, 5.41) is 10.2. The van der Waals surface area contributed by atoms with E-state index < -0.39 is 0 Å². The molecule has 0 fully saturated rings. The van der Waals surface area contributed by atoms with Gasteiger partial charge in [0.2, 0.25) is 0 Å². The molecule has 0 saturated heterocycles. The number of thiocarbonyl (C=S) groups is 1. The Bertz CT molecular complexity index is 799. The highest BCUT2D eigenvalue weighted by Crippen LogP contribution is 2.37. The molecule has 7 heteroatoms. The van der Waals surface area contributed by atoms with Gasteiger partial charge in [0.15, 0.2) is 16.6 Å². The van der Waals surface area contributed by atoms with Crippen molar-refractivity contribution in [3.05, 3.63) is 58.6 Å². The molecule has 1 N–H and O–H groups in total. The van der Waals surface area contributed by atoms with Gasteiger partial charge in [-0.1, -0.05) is 41.9 Å². The summed E-state index contributed by atoms with van der Waals surface area (Å²) in [6.07, 6.45) is 2.52. The molecule has 0 radical (unpaired) electrons. The molecule has 2 aromatic rings. The van der Waals surface area contributed by atoms with E-state index in [1.165, 1.54) is 0 Å². The van der Waals surface area contributed by atoms with E-state index in [0.29, 0.717) is 41.4 Å². The Kier molecular flexibility index (Phi) is 6.30. The zero-order valence-electron chi connectivity index (χ0n) is 14.4. The maximum Gasteiger partial charge on any atom is 0.189 e. The lowest BCUT2D eigenvalue weighted by Gasteiger charge is -2.16. The quantitative estimate of drug-likeness (QED) is 0.489. The van der Waals surface area contributed by atoms with Gasteiger partial charge in [-0.2, -0.15) is 5.10 Å². The van der Waals surface area contributed by atoms with Crippen LogP contribution in [0.4, 0.5) is 0 Å². The van der Waals surface area contributed by atoms with Crippen LogP contribution < -0.4 is 14.8 Å². The van der Waals surface area contributed by atoms with Crippen LogP contribution in [-0.4, -0.2) is 36.6 Å². The highest BCUT2D eigenvalue weighted by Gasteiger charge is 2.15. The predicted octanol–water partition coefficient (Wildman–Crippen LogP) is 3.84. The molecule has 0 spiro atoms. The summed E-state index contributed by atoms with van der Waals surface area (Å²) in [6.45, 7) is 1.86. The molecule has 1 heterocycles. The fourth-order valence-electron chi connectivity index (χ4n) is 2.42. The second-order valence-electron chi connectivity index (χ2n) is 5.79. The molecular formula is C19H20ClN3O2S. The second-order valence-corrected chi connectivity index (χ2v) is 6.59. The summed E-state index contributed by atoms with van der Waals surface area (Å²) < 4.78 is 11.3. The molecule has 1 aliphatic heterocycles. The lowest BCUT2D eigenvalue weighted by molar-refractivity contribution is 0.297. The van der Waals surface area contributed by atoms with Gasteiger partial charge in [0, 0.05) is 20.0 Å². The Balaban J connectivity index is 1.62. The van der Waals surface area contributed by atoms with Crippen molar-refractivity contribution in [2.45, 2.75) is 13.0 Å². The molecule has 26 heavy (non-hydrogen) atoms. The van der Waals surface area contributed by atoms with Gasteiger partial charge in [-0.15, -0.1) is 0 Å². The lowest BCUT2D eigenvalue weighted by atomic mass is 10.2. The number of benzene rings is 2. The monoisotopic (exact) mass is 389 g/mol. The normalized spacial score (nSPS) is 13.3. The van der Waals surface area contributed by atoms with Crippen molar-refractivity contribution in [3.63, 3.8) is 0 Å². The Morgan fingerprint density at radius 2 is 2.04 bits per heavy atom. The van der Waals surface area contributed by atoms with E-state index in [0.717, 1.165) is 17.5 Å². The third kappa shape index (κ3) is 4.86.